The van der Waals surface area contributed by atoms with E-state index < -0.39 is 0 Å². The number of aliphatic hydroxyl groups is 1. The van der Waals surface area contributed by atoms with Crippen molar-refractivity contribution in [2.75, 3.05) is 13.1 Å². The van der Waals surface area contributed by atoms with Crippen LogP contribution in [0.5, 0.6) is 0 Å². The average Bonchev–Trinajstić information content (AvgIpc) is 2.22. The van der Waals surface area contributed by atoms with Crippen molar-refractivity contribution in [3.05, 3.63) is 35.4 Å². The Balaban J connectivity index is 1.99. The molecular formula is C13H19NO. The van der Waals surface area contributed by atoms with Gasteiger partial charge in [-0.2, -0.15) is 0 Å². The van der Waals surface area contributed by atoms with Crippen molar-refractivity contribution in [3.8, 4) is 0 Å². The number of piperidine rings is 1. The Bertz CT molecular complexity index is 324. The van der Waals surface area contributed by atoms with Gasteiger partial charge in [-0.15, -0.1) is 0 Å². The highest BCUT2D eigenvalue weighted by Gasteiger charge is 2.17. The van der Waals surface area contributed by atoms with Gasteiger partial charge in [0.25, 0.3) is 0 Å². The summed E-state index contributed by atoms with van der Waals surface area (Å²) in [4.78, 5) is 2.34. The number of aryl methyl sites for hydroxylation is 1. The highest BCUT2D eigenvalue weighted by Crippen LogP contribution is 2.15. The zero-order valence-electron chi connectivity index (χ0n) is 9.32. The molecule has 2 nitrogen and oxygen atoms in total. The van der Waals surface area contributed by atoms with Gasteiger partial charge in [0.05, 0.1) is 6.10 Å². The summed E-state index contributed by atoms with van der Waals surface area (Å²) in [5.41, 5.74) is 2.73. The van der Waals surface area contributed by atoms with E-state index in [9.17, 15) is 5.11 Å². The lowest BCUT2D eigenvalue weighted by molar-refractivity contribution is 0.0667. The third kappa shape index (κ3) is 2.80. The van der Waals surface area contributed by atoms with Gasteiger partial charge in [0.2, 0.25) is 0 Å². The summed E-state index contributed by atoms with van der Waals surface area (Å²) in [5, 5.41) is 9.59. The summed E-state index contributed by atoms with van der Waals surface area (Å²) < 4.78 is 0. The Morgan fingerprint density at radius 2 is 2.20 bits per heavy atom. The van der Waals surface area contributed by atoms with Gasteiger partial charge in [-0.05, 0) is 37.4 Å². The molecule has 2 heteroatoms. The van der Waals surface area contributed by atoms with E-state index in [-0.39, 0.29) is 6.10 Å². The zero-order valence-corrected chi connectivity index (χ0v) is 9.32. The Morgan fingerprint density at radius 3 is 2.93 bits per heavy atom. The highest BCUT2D eigenvalue weighted by molar-refractivity contribution is 5.25. The first-order chi connectivity index (χ1) is 7.25. The summed E-state index contributed by atoms with van der Waals surface area (Å²) >= 11 is 0. The molecule has 1 aromatic carbocycles. The first-order valence-electron chi connectivity index (χ1n) is 5.70. The van der Waals surface area contributed by atoms with E-state index in [1.165, 1.54) is 11.1 Å². The zero-order chi connectivity index (χ0) is 10.7. The second-order valence-electron chi connectivity index (χ2n) is 4.46. The fraction of sp³-hybridized carbons (Fsp3) is 0.538. The molecule has 0 aromatic heterocycles. The first kappa shape index (κ1) is 10.7. The van der Waals surface area contributed by atoms with Gasteiger partial charge >= 0.3 is 0 Å². The van der Waals surface area contributed by atoms with E-state index in [0.717, 1.165) is 32.5 Å². The van der Waals surface area contributed by atoms with Crippen molar-refractivity contribution in [3.63, 3.8) is 0 Å². The summed E-state index contributed by atoms with van der Waals surface area (Å²) in [6, 6.07) is 8.48. The maximum atomic E-state index is 9.59. The lowest BCUT2D eigenvalue weighted by Crippen LogP contribution is -2.37. The van der Waals surface area contributed by atoms with Gasteiger partial charge in [-0.25, -0.2) is 0 Å². The third-order valence-corrected chi connectivity index (χ3v) is 3.14. The molecule has 1 heterocycles. The van der Waals surface area contributed by atoms with Crippen LogP contribution in [0.2, 0.25) is 0 Å². The number of benzene rings is 1. The molecule has 0 saturated carbocycles. The molecule has 0 bridgehead atoms. The Labute approximate surface area is 91.5 Å². The van der Waals surface area contributed by atoms with Crippen molar-refractivity contribution in [1.82, 2.24) is 4.90 Å². The number of hydrogen-bond acceptors (Lipinski definition) is 2. The van der Waals surface area contributed by atoms with Crippen molar-refractivity contribution < 1.29 is 5.11 Å². The molecule has 2 rings (SSSR count). The van der Waals surface area contributed by atoms with E-state index in [1.807, 2.05) is 0 Å². The number of likely N-dealkylation sites (tertiary alicyclic amines) is 1. The quantitative estimate of drug-likeness (QED) is 0.797. The topological polar surface area (TPSA) is 23.5 Å². The minimum Gasteiger partial charge on any atom is -0.392 e. The standard InChI is InChI=1S/C13H19NO/c1-11-5-2-3-6-12(11)9-14-8-4-7-13(15)10-14/h2-3,5-6,13,15H,4,7-10H2,1H3. The van der Waals surface area contributed by atoms with E-state index in [4.69, 9.17) is 0 Å². The largest absolute Gasteiger partial charge is 0.392 e. The van der Waals surface area contributed by atoms with Crippen LogP contribution < -0.4 is 0 Å². The van der Waals surface area contributed by atoms with Crippen LogP contribution in [0.4, 0.5) is 0 Å². The molecule has 0 aliphatic carbocycles. The molecule has 1 aliphatic rings. The molecule has 82 valence electrons. The fourth-order valence-electron chi connectivity index (χ4n) is 2.20. The van der Waals surface area contributed by atoms with Gasteiger partial charge in [0.1, 0.15) is 0 Å². The van der Waals surface area contributed by atoms with Crippen LogP contribution in [0, 0.1) is 6.92 Å². The van der Waals surface area contributed by atoms with Crippen LogP contribution in [0.1, 0.15) is 24.0 Å². The van der Waals surface area contributed by atoms with Gasteiger partial charge in [0, 0.05) is 13.1 Å². The van der Waals surface area contributed by atoms with Crippen LogP contribution in [0.15, 0.2) is 24.3 Å². The number of rotatable bonds is 2. The van der Waals surface area contributed by atoms with Crippen molar-refractivity contribution in [2.45, 2.75) is 32.4 Å². The Kier molecular flexibility index (Phi) is 3.39. The van der Waals surface area contributed by atoms with E-state index in [0.29, 0.717) is 0 Å². The van der Waals surface area contributed by atoms with Crippen LogP contribution in [-0.2, 0) is 6.54 Å². The number of hydrogen-bond donors (Lipinski definition) is 1. The predicted molar refractivity (Wildman–Crippen MR) is 61.7 cm³/mol. The molecule has 1 unspecified atom stereocenters. The monoisotopic (exact) mass is 205 g/mol. The molecule has 0 radical (unpaired) electrons. The van der Waals surface area contributed by atoms with Crippen molar-refractivity contribution in [2.24, 2.45) is 0 Å². The smallest absolute Gasteiger partial charge is 0.0667 e. The minimum atomic E-state index is -0.122. The van der Waals surface area contributed by atoms with Crippen LogP contribution in [0.3, 0.4) is 0 Å². The molecule has 1 saturated heterocycles. The predicted octanol–water partition coefficient (Wildman–Crippen LogP) is 1.95. The second-order valence-corrected chi connectivity index (χ2v) is 4.46. The first-order valence-corrected chi connectivity index (χ1v) is 5.70. The molecule has 0 spiro atoms. The summed E-state index contributed by atoms with van der Waals surface area (Å²) in [5.74, 6) is 0. The van der Waals surface area contributed by atoms with Crippen LogP contribution in [0.25, 0.3) is 0 Å². The van der Waals surface area contributed by atoms with Gasteiger partial charge in [0.15, 0.2) is 0 Å². The van der Waals surface area contributed by atoms with Gasteiger partial charge < -0.3 is 5.11 Å². The van der Waals surface area contributed by atoms with Crippen molar-refractivity contribution >= 4 is 0 Å². The van der Waals surface area contributed by atoms with Crippen LogP contribution >= 0.6 is 0 Å². The van der Waals surface area contributed by atoms with Crippen molar-refractivity contribution in [1.29, 1.82) is 0 Å². The molecular weight excluding hydrogens is 186 g/mol. The molecule has 1 aliphatic heterocycles. The van der Waals surface area contributed by atoms with Gasteiger partial charge in [-0.1, -0.05) is 24.3 Å². The maximum Gasteiger partial charge on any atom is 0.0667 e. The van der Waals surface area contributed by atoms with Crippen LogP contribution in [-0.4, -0.2) is 29.2 Å². The maximum absolute atomic E-state index is 9.59. The number of aliphatic hydroxyl groups excluding tert-OH is 1. The van der Waals surface area contributed by atoms with E-state index in [1.54, 1.807) is 0 Å². The Hall–Kier alpha value is -0.860. The number of β-amino-alcohol motifs (C(OH)–C–C–N with tert-alkyl or cyclic N) is 1. The molecule has 15 heavy (non-hydrogen) atoms. The molecule has 1 N–H and O–H groups in total. The molecule has 1 fully saturated rings. The normalized spacial score (nSPS) is 22.9. The molecule has 1 atom stereocenters. The molecule has 1 aromatic rings. The Morgan fingerprint density at radius 1 is 1.40 bits per heavy atom. The van der Waals surface area contributed by atoms with E-state index in [2.05, 4.69) is 36.1 Å². The lowest BCUT2D eigenvalue weighted by Gasteiger charge is -2.30. The third-order valence-electron chi connectivity index (χ3n) is 3.14. The lowest BCUT2D eigenvalue weighted by atomic mass is 10.1. The SMILES string of the molecule is Cc1ccccc1CN1CCCC(O)C1. The fourth-order valence-corrected chi connectivity index (χ4v) is 2.20. The average molecular weight is 205 g/mol. The summed E-state index contributed by atoms with van der Waals surface area (Å²) in [7, 11) is 0. The summed E-state index contributed by atoms with van der Waals surface area (Å²) in [6.45, 7) is 5.07. The summed E-state index contributed by atoms with van der Waals surface area (Å²) in [6.07, 6.45) is 1.96. The number of nitrogens with zero attached hydrogens (tertiary/aromatic N) is 1. The minimum absolute atomic E-state index is 0.122. The highest BCUT2D eigenvalue weighted by atomic mass is 16.3. The van der Waals surface area contributed by atoms with E-state index >= 15 is 0 Å². The molecule has 0 amide bonds. The van der Waals surface area contributed by atoms with Gasteiger partial charge in [-0.3, -0.25) is 4.90 Å². The second kappa shape index (κ2) is 4.77.